The molecule has 3 rings (SSSR count). The molecular formula is C25H28N2O6. The summed E-state index contributed by atoms with van der Waals surface area (Å²) in [5.74, 6) is -1.30. The van der Waals surface area contributed by atoms with Crippen molar-refractivity contribution in [1.29, 1.82) is 0 Å². The number of hydrogen-bond acceptors (Lipinski definition) is 6. The predicted octanol–water partition coefficient (Wildman–Crippen LogP) is 3.20. The van der Waals surface area contributed by atoms with E-state index in [1.54, 1.807) is 32.2 Å². The standard InChI is InChI=1S/C25H28N2O6/c1-15-13-18(16(2)27(15)21-10-8-7-9-19(21)24(29)32-5)14-20-22(25(30)33-6)17(3)26(23(20)28)11-12-31-4/h7-10,13-14H,11-12H2,1-6H3/b20-14+. The second kappa shape index (κ2) is 9.87. The summed E-state index contributed by atoms with van der Waals surface area (Å²) < 4.78 is 16.9. The monoisotopic (exact) mass is 452 g/mol. The number of benzene rings is 1. The number of carbonyl (C=O) groups excluding carboxylic acids is 3. The first-order chi connectivity index (χ1) is 15.8. The van der Waals surface area contributed by atoms with Crippen LogP contribution in [0.15, 0.2) is 47.2 Å². The summed E-state index contributed by atoms with van der Waals surface area (Å²) in [6.07, 6.45) is 1.70. The van der Waals surface area contributed by atoms with Crippen molar-refractivity contribution in [1.82, 2.24) is 9.47 Å². The van der Waals surface area contributed by atoms with E-state index in [-0.39, 0.29) is 17.1 Å². The van der Waals surface area contributed by atoms with Crippen molar-refractivity contribution in [2.24, 2.45) is 0 Å². The van der Waals surface area contributed by atoms with Crippen LogP contribution in [0.1, 0.15) is 34.2 Å². The zero-order chi connectivity index (χ0) is 24.3. The number of ether oxygens (including phenoxy) is 3. The van der Waals surface area contributed by atoms with E-state index in [4.69, 9.17) is 14.2 Å². The van der Waals surface area contributed by atoms with Crippen LogP contribution >= 0.6 is 0 Å². The number of rotatable bonds is 7. The Morgan fingerprint density at radius 1 is 1.00 bits per heavy atom. The van der Waals surface area contributed by atoms with E-state index in [1.807, 2.05) is 36.6 Å². The first-order valence-corrected chi connectivity index (χ1v) is 10.5. The molecule has 1 aliphatic rings. The fourth-order valence-corrected chi connectivity index (χ4v) is 4.09. The van der Waals surface area contributed by atoms with Crippen LogP contribution in [-0.4, -0.2) is 61.8 Å². The van der Waals surface area contributed by atoms with Gasteiger partial charge in [-0.15, -0.1) is 0 Å². The van der Waals surface area contributed by atoms with Crippen molar-refractivity contribution >= 4 is 23.9 Å². The molecule has 8 nitrogen and oxygen atoms in total. The highest BCUT2D eigenvalue weighted by Gasteiger charge is 2.37. The molecule has 8 heteroatoms. The van der Waals surface area contributed by atoms with Gasteiger partial charge in [0.05, 0.1) is 43.2 Å². The number of para-hydroxylation sites is 1. The highest BCUT2D eigenvalue weighted by Crippen LogP contribution is 2.33. The molecule has 0 fully saturated rings. The summed E-state index contributed by atoms with van der Waals surface area (Å²) in [5.41, 5.74) is 4.53. The predicted molar refractivity (Wildman–Crippen MR) is 123 cm³/mol. The number of carbonyl (C=O) groups is 3. The van der Waals surface area contributed by atoms with Gasteiger partial charge in [-0.3, -0.25) is 4.79 Å². The van der Waals surface area contributed by atoms with Gasteiger partial charge in [0, 0.05) is 30.7 Å². The van der Waals surface area contributed by atoms with Crippen molar-refractivity contribution < 1.29 is 28.6 Å². The van der Waals surface area contributed by atoms with Gasteiger partial charge in [0.1, 0.15) is 0 Å². The number of aryl methyl sites for hydroxylation is 1. The highest BCUT2D eigenvalue weighted by molar-refractivity contribution is 6.16. The zero-order valence-electron chi connectivity index (χ0n) is 19.7. The first-order valence-electron chi connectivity index (χ1n) is 10.5. The maximum absolute atomic E-state index is 13.2. The Kier molecular flexibility index (Phi) is 7.18. The minimum absolute atomic E-state index is 0.235. The average molecular weight is 453 g/mol. The number of hydrogen-bond donors (Lipinski definition) is 0. The number of methoxy groups -OCH3 is 3. The molecule has 0 aliphatic carbocycles. The minimum atomic E-state index is -0.572. The second-order valence-electron chi connectivity index (χ2n) is 7.63. The van der Waals surface area contributed by atoms with Gasteiger partial charge in [0.2, 0.25) is 0 Å². The van der Waals surface area contributed by atoms with Crippen LogP contribution in [0.3, 0.4) is 0 Å². The Balaban J connectivity index is 2.14. The van der Waals surface area contributed by atoms with Gasteiger partial charge < -0.3 is 23.7 Å². The lowest BCUT2D eigenvalue weighted by Gasteiger charge is -2.16. The Hall–Kier alpha value is -3.65. The van der Waals surface area contributed by atoms with E-state index in [2.05, 4.69) is 0 Å². The van der Waals surface area contributed by atoms with E-state index in [0.29, 0.717) is 30.1 Å². The molecule has 1 amide bonds. The van der Waals surface area contributed by atoms with Crippen LogP contribution < -0.4 is 0 Å². The van der Waals surface area contributed by atoms with E-state index >= 15 is 0 Å². The van der Waals surface area contributed by atoms with Crippen LogP contribution in [0.25, 0.3) is 11.8 Å². The number of amides is 1. The number of aromatic nitrogens is 1. The van der Waals surface area contributed by atoms with Crippen LogP contribution in [-0.2, 0) is 23.8 Å². The summed E-state index contributed by atoms with van der Waals surface area (Å²) in [4.78, 5) is 39.6. The maximum Gasteiger partial charge on any atom is 0.340 e. The molecule has 0 radical (unpaired) electrons. The topological polar surface area (TPSA) is 87.1 Å². The molecule has 2 heterocycles. The van der Waals surface area contributed by atoms with Crippen LogP contribution in [0.2, 0.25) is 0 Å². The molecular weight excluding hydrogens is 424 g/mol. The number of nitrogens with zero attached hydrogens (tertiary/aromatic N) is 2. The lowest BCUT2D eigenvalue weighted by Crippen LogP contribution is -2.28. The van der Waals surface area contributed by atoms with Gasteiger partial charge in [0.25, 0.3) is 5.91 Å². The molecule has 0 saturated heterocycles. The third kappa shape index (κ3) is 4.34. The third-order valence-electron chi connectivity index (χ3n) is 5.74. The van der Waals surface area contributed by atoms with Gasteiger partial charge in [-0.2, -0.15) is 0 Å². The van der Waals surface area contributed by atoms with E-state index in [1.165, 1.54) is 19.1 Å². The van der Waals surface area contributed by atoms with Crippen LogP contribution in [0.4, 0.5) is 0 Å². The molecule has 174 valence electrons. The minimum Gasteiger partial charge on any atom is -0.465 e. The average Bonchev–Trinajstić information content (AvgIpc) is 3.22. The van der Waals surface area contributed by atoms with Gasteiger partial charge >= 0.3 is 11.9 Å². The van der Waals surface area contributed by atoms with Crippen molar-refractivity contribution in [3.05, 3.63) is 69.7 Å². The SMILES string of the molecule is COCCN1C(=O)/C(=C/c2cc(C)n(-c3ccccc3C(=O)OC)c2C)C(C(=O)OC)=C1C. The molecule has 0 bridgehead atoms. The van der Waals surface area contributed by atoms with Crippen LogP contribution in [0.5, 0.6) is 0 Å². The van der Waals surface area contributed by atoms with Crippen molar-refractivity contribution in [2.45, 2.75) is 20.8 Å². The van der Waals surface area contributed by atoms with Gasteiger partial charge in [-0.05, 0) is 50.6 Å². The molecule has 0 N–H and O–H groups in total. The Morgan fingerprint density at radius 2 is 1.67 bits per heavy atom. The molecule has 0 unspecified atom stereocenters. The number of esters is 2. The smallest absolute Gasteiger partial charge is 0.340 e. The van der Waals surface area contributed by atoms with Crippen LogP contribution in [0, 0.1) is 13.8 Å². The first kappa shape index (κ1) is 24.0. The fraction of sp³-hybridized carbons (Fsp3) is 0.320. The quantitative estimate of drug-likeness (QED) is 0.474. The van der Waals surface area contributed by atoms with E-state index in [0.717, 1.165) is 17.0 Å². The highest BCUT2D eigenvalue weighted by atomic mass is 16.5. The van der Waals surface area contributed by atoms with E-state index < -0.39 is 11.9 Å². The largest absolute Gasteiger partial charge is 0.465 e. The summed E-state index contributed by atoms with van der Waals surface area (Å²) >= 11 is 0. The zero-order valence-corrected chi connectivity index (χ0v) is 19.7. The summed E-state index contributed by atoms with van der Waals surface area (Å²) in [7, 11) is 4.19. The van der Waals surface area contributed by atoms with E-state index in [9.17, 15) is 14.4 Å². The molecule has 33 heavy (non-hydrogen) atoms. The maximum atomic E-state index is 13.2. The molecule has 1 aromatic carbocycles. The summed E-state index contributed by atoms with van der Waals surface area (Å²) in [6, 6.07) is 9.06. The molecule has 1 aliphatic heterocycles. The molecule has 0 saturated carbocycles. The van der Waals surface area contributed by atoms with Gasteiger partial charge in [0.15, 0.2) is 0 Å². The fourth-order valence-electron chi connectivity index (χ4n) is 4.09. The summed E-state index contributed by atoms with van der Waals surface area (Å²) in [6.45, 7) is 6.18. The third-order valence-corrected chi connectivity index (χ3v) is 5.74. The normalized spacial score (nSPS) is 14.9. The molecule has 0 spiro atoms. The molecule has 0 atom stereocenters. The number of allylic oxidation sites excluding steroid dienone is 1. The Bertz CT molecular complexity index is 1170. The molecule has 1 aromatic heterocycles. The lowest BCUT2D eigenvalue weighted by molar-refractivity contribution is -0.136. The van der Waals surface area contributed by atoms with Crippen molar-refractivity contribution in [2.75, 3.05) is 34.5 Å². The lowest BCUT2D eigenvalue weighted by atomic mass is 10.0. The molecule has 2 aromatic rings. The van der Waals surface area contributed by atoms with Crippen molar-refractivity contribution in [3.8, 4) is 5.69 Å². The van der Waals surface area contributed by atoms with Gasteiger partial charge in [-0.25, -0.2) is 9.59 Å². The van der Waals surface area contributed by atoms with Crippen molar-refractivity contribution in [3.63, 3.8) is 0 Å². The Labute approximate surface area is 193 Å². The second-order valence-corrected chi connectivity index (χ2v) is 7.63. The summed E-state index contributed by atoms with van der Waals surface area (Å²) in [5, 5.41) is 0. The van der Waals surface area contributed by atoms with Gasteiger partial charge in [-0.1, -0.05) is 12.1 Å². The Morgan fingerprint density at radius 3 is 2.30 bits per heavy atom.